The van der Waals surface area contributed by atoms with Crippen molar-refractivity contribution in [3.8, 4) is 6.07 Å². The molecule has 0 atom stereocenters. The van der Waals surface area contributed by atoms with Crippen LogP contribution >= 0.6 is 0 Å². The van der Waals surface area contributed by atoms with Gasteiger partial charge in [-0.3, -0.25) is 0 Å². The number of hydrogen-bond acceptors (Lipinski definition) is 5. The first-order chi connectivity index (χ1) is 12.5. The van der Waals surface area contributed by atoms with Gasteiger partial charge in [-0.25, -0.2) is 9.97 Å². The van der Waals surface area contributed by atoms with Crippen LogP contribution in [0.25, 0.3) is 0 Å². The average Bonchev–Trinajstić information content (AvgIpc) is 2.62. The minimum absolute atomic E-state index is 0.505. The Morgan fingerprint density at radius 3 is 2.15 bits per heavy atom. The molecule has 0 saturated heterocycles. The van der Waals surface area contributed by atoms with Crippen molar-refractivity contribution in [1.29, 1.82) is 5.26 Å². The van der Waals surface area contributed by atoms with Gasteiger partial charge in [0.15, 0.2) is 0 Å². The smallest absolute Gasteiger partial charge is 0.136 e. The van der Waals surface area contributed by atoms with Crippen molar-refractivity contribution < 1.29 is 0 Å². The van der Waals surface area contributed by atoms with Crippen molar-refractivity contribution in [3.05, 3.63) is 71.5 Å². The minimum Gasteiger partial charge on any atom is -0.340 e. The molecule has 2 N–H and O–H groups in total. The van der Waals surface area contributed by atoms with Gasteiger partial charge < -0.3 is 10.6 Å². The number of aryl methyl sites for hydroxylation is 1. The van der Waals surface area contributed by atoms with E-state index < -0.39 is 0 Å². The van der Waals surface area contributed by atoms with Crippen LogP contribution in [0.5, 0.6) is 0 Å². The topological polar surface area (TPSA) is 73.6 Å². The fourth-order valence-electron chi connectivity index (χ4n) is 2.61. The summed E-state index contributed by atoms with van der Waals surface area (Å²) in [5.74, 6) is 2.56. The maximum absolute atomic E-state index is 9.02. The zero-order valence-electron chi connectivity index (χ0n) is 15.1. The first kappa shape index (κ1) is 17.4. The SMILES string of the molecule is Cc1nc(Nc2ccc(C(C)C)cc2)cc(Nc2cccc(C#N)c2)n1. The van der Waals surface area contributed by atoms with Crippen LogP contribution < -0.4 is 10.6 Å². The molecule has 26 heavy (non-hydrogen) atoms. The van der Waals surface area contributed by atoms with Gasteiger partial charge in [-0.1, -0.05) is 32.0 Å². The fraction of sp³-hybridized carbons (Fsp3) is 0.190. The molecule has 0 radical (unpaired) electrons. The summed E-state index contributed by atoms with van der Waals surface area (Å²) in [6, 6.07) is 19.6. The van der Waals surface area contributed by atoms with Gasteiger partial charge in [-0.05, 0) is 48.7 Å². The molecule has 130 valence electrons. The van der Waals surface area contributed by atoms with Gasteiger partial charge in [0.05, 0.1) is 11.6 Å². The molecule has 0 aliphatic rings. The molecular weight excluding hydrogens is 322 g/mol. The Morgan fingerprint density at radius 1 is 0.885 bits per heavy atom. The van der Waals surface area contributed by atoms with Crippen LogP contribution in [0, 0.1) is 18.3 Å². The van der Waals surface area contributed by atoms with Crippen LogP contribution in [-0.4, -0.2) is 9.97 Å². The minimum atomic E-state index is 0.505. The fourth-order valence-corrected chi connectivity index (χ4v) is 2.61. The van der Waals surface area contributed by atoms with Gasteiger partial charge in [0, 0.05) is 17.4 Å². The van der Waals surface area contributed by atoms with Gasteiger partial charge in [-0.15, -0.1) is 0 Å². The Morgan fingerprint density at radius 2 is 1.54 bits per heavy atom. The highest BCUT2D eigenvalue weighted by atomic mass is 15.1. The second-order valence-corrected chi connectivity index (χ2v) is 6.40. The maximum atomic E-state index is 9.02. The molecule has 0 aliphatic heterocycles. The highest BCUT2D eigenvalue weighted by molar-refractivity contribution is 5.64. The molecule has 5 heteroatoms. The quantitative estimate of drug-likeness (QED) is 0.660. The lowest BCUT2D eigenvalue weighted by Crippen LogP contribution is -2.01. The van der Waals surface area contributed by atoms with Crippen molar-refractivity contribution >= 4 is 23.0 Å². The van der Waals surface area contributed by atoms with Gasteiger partial charge >= 0.3 is 0 Å². The third-order valence-electron chi connectivity index (χ3n) is 3.95. The summed E-state index contributed by atoms with van der Waals surface area (Å²) in [6.07, 6.45) is 0. The summed E-state index contributed by atoms with van der Waals surface area (Å²) in [7, 11) is 0. The van der Waals surface area contributed by atoms with E-state index in [1.807, 2.05) is 25.1 Å². The molecule has 1 aromatic heterocycles. The van der Waals surface area contributed by atoms with Crippen LogP contribution in [0.3, 0.4) is 0 Å². The van der Waals surface area contributed by atoms with Crippen LogP contribution in [0.2, 0.25) is 0 Å². The van der Waals surface area contributed by atoms with Crippen LogP contribution in [-0.2, 0) is 0 Å². The van der Waals surface area contributed by atoms with Crippen LogP contribution in [0.4, 0.5) is 23.0 Å². The predicted octanol–water partition coefficient (Wildman–Crippen LogP) is 5.27. The molecular formula is C21H21N5. The standard InChI is InChI=1S/C21H21N5/c1-14(2)17-7-9-18(10-8-17)25-20-12-21(24-15(3)23-20)26-19-6-4-5-16(11-19)13-22/h4-12,14H,1-3H3,(H2,23,24,25,26). The van der Waals surface area contributed by atoms with Gasteiger partial charge in [0.1, 0.15) is 17.5 Å². The zero-order valence-corrected chi connectivity index (χ0v) is 15.1. The van der Waals surface area contributed by atoms with Crippen molar-refractivity contribution in [2.45, 2.75) is 26.7 Å². The lowest BCUT2D eigenvalue weighted by atomic mass is 10.0. The molecule has 1 heterocycles. The summed E-state index contributed by atoms with van der Waals surface area (Å²) in [4.78, 5) is 8.87. The van der Waals surface area contributed by atoms with Crippen molar-refractivity contribution in [3.63, 3.8) is 0 Å². The maximum Gasteiger partial charge on any atom is 0.136 e. The van der Waals surface area contributed by atoms with E-state index >= 15 is 0 Å². The first-order valence-electron chi connectivity index (χ1n) is 8.53. The van der Waals surface area contributed by atoms with E-state index in [4.69, 9.17) is 5.26 Å². The molecule has 0 spiro atoms. The van der Waals surface area contributed by atoms with Crippen molar-refractivity contribution in [1.82, 2.24) is 9.97 Å². The molecule has 0 unspecified atom stereocenters. The molecule has 0 aliphatic carbocycles. The van der Waals surface area contributed by atoms with Gasteiger partial charge in [-0.2, -0.15) is 5.26 Å². The molecule has 0 bridgehead atoms. The largest absolute Gasteiger partial charge is 0.340 e. The highest BCUT2D eigenvalue weighted by Gasteiger charge is 2.05. The summed E-state index contributed by atoms with van der Waals surface area (Å²) in [6.45, 7) is 6.20. The third-order valence-corrected chi connectivity index (χ3v) is 3.95. The Balaban J connectivity index is 1.80. The average molecular weight is 343 g/mol. The Labute approximate surface area is 153 Å². The first-order valence-corrected chi connectivity index (χ1v) is 8.53. The molecule has 3 aromatic rings. The van der Waals surface area contributed by atoms with Crippen LogP contribution in [0.1, 0.15) is 36.7 Å². The van der Waals surface area contributed by atoms with Gasteiger partial charge in [0.2, 0.25) is 0 Å². The van der Waals surface area contributed by atoms with E-state index in [0.29, 0.717) is 28.9 Å². The normalized spacial score (nSPS) is 10.4. The summed E-state index contributed by atoms with van der Waals surface area (Å²) >= 11 is 0. The van der Waals surface area contributed by atoms with Crippen molar-refractivity contribution in [2.75, 3.05) is 10.6 Å². The molecule has 0 saturated carbocycles. The number of aromatic nitrogens is 2. The van der Waals surface area contributed by atoms with E-state index in [0.717, 1.165) is 11.4 Å². The molecule has 5 nitrogen and oxygen atoms in total. The Kier molecular flexibility index (Phi) is 5.14. The number of benzene rings is 2. The van der Waals surface area contributed by atoms with E-state index in [9.17, 15) is 0 Å². The van der Waals surface area contributed by atoms with E-state index in [2.05, 4.69) is 64.8 Å². The highest BCUT2D eigenvalue weighted by Crippen LogP contribution is 2.22. The second kappa shape index (κ2) is 7.66. The van der Waals surface area contributed by atoms with E-state index in [1.54, 1.807) is 12.1 Å². The summed E-state index contributed by atoms with van der Waals surface area (Å²) < 4.78 is 0. The Hall–Kier alpha value is -3.39. The van der Waals surface area contributed by atoms with Crippen molar-refractivity contribution in [2.24, 2.45) is 0 Å². The van der Waals surface area contributed by atoms with Crippen LogP contribution in [0.15, 0.2) is 54.6 Å². The number of anilines is 4. The number of nitriles is 1. The molecule has 0 amide bonds. The molecule has 2 aromatic carbocycles. The van der Waals surface area contributed by atoms with Gasteiger partial charge in [0.25, 0.3) is 0 Å². The summed E-state index contributed by atoms with van der Waals surface area (Å²) in [5, 5.41) is 15.6. The lowest BCUT2D eigenvalue weighted by molar-refractivity contribution is 0.867. The second-order valence-electron chi connectivity index (χ2n) is 6.40. The van der Waals surface area contributed by atoms with E-state index in [1.165, 1.54) is 5.56 Å². The number of nitrogens with one attached hydrogen (secondary N) is 2. The zero-order chi connectivity index (χ0) is 18.5. The predicted molar refractivity (Wildman–Crippen MR) is 105 cm³/mol. The number of rotatable bonds is 5. The molecule has 0 fully saturated rings. The number of nitrogens with zero attached hydrogens (tertiary/aromatic N) is 3. The van der Waals surface area contributed by atoms with E-state index in [-0.39, 0.29) is 0 Å². The monoisotopic (exact) mass is 343 g/mol. The Bertz CT molecular complexity index is 939. The molecule has 3 rings (SSSR count). The number of hydrogen-bond donors (Lipinski definition) is 2. The third kappa shape index (κ3) is 4.37. The lowest BCUT2D eigenvalue weighted by Gasteiger charge is -2.11. The summed E-state index contributed by atoms with van der Waals surface area (Å²) in [5.41, 5.74) is 3.69.